The van der Waals surface area contributed by atoms with Crippen LogP contribution in [0.3, 0.4) is 0 Å². The number of benzene rings is 1. The van der Waals surface area contributed by atoms with Gasteiger partial charge in [-0.3, -0.25) is 9.59 Å². The number of nitrogens with zero attached hydrogens (tertiary/aromatic N) is 1. The van der Waals surface area contributed by atoms with Gasteiger partial charge in [-0.25, -0.2) is 0 Å². The SMILES string of the molecule is O=C(C1=C(NCc2ccccc2)c2cccn2C1CC(=O)c1cccs1)c1ccco1. The second-order valence-corrected chi connectivity index (χ2v) is 8.30. The normalized spacial score (nSPS) is 15.2. The lowest BCUT2D eigenvalue weighted by Gasteiger charge is -2.16. The smallest absolute Gasteiger partial charge is 0.228 e. The summed E-state index contributed by atoms with van der Waals surface area (Å²) in [5.74, 6) is 0.0929. The van der Waals surface area contributed by atoms with Crippen LogP contribution >= 0.6 is 11.3 Å². The Labute approximate surface area is 183 Å². The van der Waals surface area contributed by atoms with Gasteiger partial charge in [0.15, 0.2) is 11.5 Å². The number of furan rings is 1. The van der Waals surface area contributed by atoms with Gasteiger partial charge in [0.1, 0.15) is 0 Å². The van der Waals surface area contributed by atoms with Gasteiger partial charge in [-0.2, -0.15) is 0 Å². The maximum Gasteiger partial charge on any atom is 0.228 e. The topological polar surface area (TPSA) is 64.2 Å². The standard InChI is InChI=1S/C25H20N2O3S/c28-20(22-11-6-14-31-22)15-19-23(25(29)21-10-5-13-30-21)24(18-9-4-12-27(18)19)26-16-17-7-2-1-3-8-17/h1-14,19,26H,15-16H2. The molecule has 0 amide bonds. The highest BCUT2D eigenvalue weighted by Crippen LogP contribution is 2.40. The molecule has 1 aromatic carbocycles. The van der Waals surface area contributed by atoms with E-state index in [0.717, 1.165) is 17.0 Å². The molecule has 4 heterocycles. The summed E-state index contributed by atoms with van der Waals surface area (Å²) in [4.78, 5) is 27.1. The zero-order valence-electron chi connectivity index (χ0n) is 16.7. The third-order valence-electron chi connectivity index (χ3n) is 5.45. The molecule has 0 saturated heterocycles. The van der Waals surface area contributed by atoms with E-state index in [4.69, 9.17) is 4.42 Å². The predicted molar refractivity (Wildman–Crippen MR) is 120 cm³/mol. The van der Waals surface area contributed by atoms with Gasteiger partial charge in [0.25, 0.3) is 0 Å². The summed E-state index contributed by atoms with van der Waals surface area (Å²) in [5, 5.41) is 5.35. The molecule has 0 spiro atoms. The van der Waals surface area contributed by atoms with Crippen molar-refractivity contribution in [1.29, 1.82) is 0 Å². The van der Waals surface area contributed by atoms with Crippen LogP contribution < -0.4 is 5.32 Å². The van der Waals surface area contributed by atoms with Crippen molar-refractivity contribution in [3.63, 3.8) is 0 Å². The molecular formula is C25H20N2O3S. The first-order chi connectivity index (χ1) is 15.2. The maximum atomic E-state index is 13.5. The van der Waals surface area contributed by atoms with Crippen molar-refractivity contribution in [1.82, 2.24) is 9.88 Å². The number of carbonyl (C=O) groups excluding carboxylic acids is 2. The monoisotopic (exact) mass is 428 g/mol. The number of allylic oxidation sites excluding steroid dienone is 1. The van der Waals surface area contributed by atoms with Gasteiger partial charge in [0.2, 0.25) is 5.78 Å². The average molecular weight is 429 g/mol. The number of carbonyl (C=O) groups is 2. The molecule has 0 radical (unpaired) electrons. The highest BCUT2D eigenvalue weighted by atomic mass is 32.1. The third-order valence-corrected chi connectivity index (χ3v) is 6.36. The predicted octanol–water partition coefficient (Wildman–Crippen LogP) is 5.35. The van der Waals surface area contributed by atoms with Crippen LogP contribution in [0.2, 0.25) is 0 Å². The first-order valence-corrected chi connectivity index (χ1v) is 10.9. The van der Waals surface area contributed by atoms with Gasteiger partial charge in [-0.1, -0.05) is 36.4 Å². The van der Waals surface area contributed by atoms with Crippen LogP contribution in [-0.2, 0) is 6.54 Å². The van der Waals surface area contributed by atoms with Crippen molar-refractivity contribution in [2.24, 2.45) is 0 Å². The molecule has 5 nitrogen and oxygen atoms in total. The van der Waals surface area contributed by atoms with E-state index >= 15 is 0 Å². The van der Waals surface area contributed by atoms with E-state index in [0.29, 0.717) is 17.0 Å². The van der Waals surface area contributed by atoms with Crippen molar-refractivity contribution >= 4 is 28.6 Å². The Hall–Kier alpha value is -3.64. The van der Waals surface area contributed by atoms with E-state index in [1.54, 1.807) is 12.1 Å². The molecule has 0 aliphatic carbocycles. The van der Waals surface area contributed by atoms with Crippen molar-refractivity contribution in [3.05, 3.63) is 112 Å². The van der Waals surface area contributed by atoms with E-state index in [-0.39, 0.29) is 23.7 Å². The zero-order valence-corrected chi connectivity index (χ0v) is 17.5. The highest BCUT2D eigenvalue weighted by molar-refractivity contribution is 7.12. The summed E-state index contributed by atoms with van der Waals surface area (Å²) >= 11 is 1.42. The van der Waals surface area contributed by atoms with Gasteiger partial charge in [0.05, 0.1) is 34.1 Å². The lowest BCUT2D eigenvalue weighted by molar-refractivity contribution is 0.0960. The molecule has 1 N–H and O–H groups in total. The molecule has 0 saturated carbocycles. The Morgan fingerprint density at radius 2 is 1.87 bits per heavy atom. The molecule has 31 heavy (non-hydrogen) atoms. The molecule has 0 bridgehead atoms. The molecule has 1 atom stereocenters. The van der Waals surface area contributed by atoms with E-state index in [1.807, 2.05) is 70.7 Å². The number of Topliss-reactive ketones (excluding diaryl/α,β-unsaturated/α-hetero) is 2. The molecule has 1 unspecified atom stereocenters. The summed E-state index contributed by atoms with van der Waals surface area (Å²) in [5.41, 5.74) is 3.32. The van der Waals surface area contributed by atoms with Crippen LogP contribution in [-0.4, -0.2) is 16.1 Å². The summed E-state index contributed by atoms with van der Waals surface area (Å²) in [6, 6.07) is 20.6. The summed E-state index contributed by atoms with van der Waals surface area (Å²) in [6.07, 6.45) is 3.63. The van der Waals surface area contributed by atoms with Gasteiger partial charge in [-0.05, 0) is 41.3 Å². The minimum absolute atomic E-state index is 0.0219. The Morgan fingerprint density at radius 3 is 2.61 bits per heavy atom. The minimum Gasteiger partial charge on any atom is -0.461 e. The van der Waals surface area contributed by atoms with Gasteiger partial charge in [-0.15, -0.1) is 11.3 Å². The number of rotatable bonds is 8. The second-order valence-electron chi connectivity index (χ2n) is 7.36. The number of fused-ring (bicyclic) bond motifs is 1. The lowest BCUT2D eigenvalue weighted by Crippen LogP contribution is -2.19. The van der Waals surface area contributed by atoms with Gasteiger partial charge >= 0.3 is 0 Å². The maximum absolute atomic E-state index is 13.5. The number of aromatic nitrogens is 1. The summed E-state index contributed by atoms with van der Waals surface area (Å²) < 4.78 is 7.43. The average Bonchev–Trinajstić information content (AvgIpc) is 3.59. The number of hydrogen-bond acceptors (Lipinski definition) is 5. The first kappa shape index (κ1) is 19.3. The largest absolute Gasteiger partial charge is 0.461 e. The van der Waals surface area contributed by atoms with Crippen LogP contribution in [0, 0.1) is 0 Å². The highest BCUT2D eigenvalue weighted by Gasteiger charge is 2.37. The van der Waals surface area contributed by atoms with Crippen LogP contribution in [0.4, 0.5) is 0 Å². The molecule has 6 heteroatoms. The first-order valence-electron chi connectivity index (χ1n) is 10.1. The van der Waals surface area contributed by atoms with Crippen molar-refractivity contribution in [3.8, 4) is 0 Å². The fraction of sp³-hybridized carbons (Fsp3) is 0.120. The molecule has 154 valence electrons. The van der Waals surface area contributed by atoms with Crippen LogP contribution in [0.25, 0.3) is 5.70 Å². The Morgan fingerprint density at radius 1 is 1.00 bits per heavy atom. The molecular weight excluding hydrogens is 408 g/mol. The molecule has 4 aromatic rings. The fourth-order valence-electron chi connectivity index (χ4n) is 4.01. The molecule has 1 aliphatic rings. The number of ketones is 2. The molecule has 3 aromatic heterocycles. The minimum atomic E-state index is -0.393. The number of hydrogen-bond donors (Lipinski definition) is 1. The van der Waals surface area contributed by atoms with Crippen LogP contribution in [0.1, 0.15) is 43.9 Å². The molecule has 5 rings (SSSR count). The van der Waals surface area contributed by atoms with Crippen molar-refractivity contribution < 1.29 is 14.0 Å². The molecule has 0 fully saturated rings. The second kappa shape index (κ2) is 8.24. The summed E-state index contributed by atoms with van der Waals surface area (Å²) in [6.45, 7) is 0.571. The van der Waals surface area contributed by atoms with Crippen molar-refractivity contribution in [2.45, 2.75) is 19.0 Å². The Kier molecular flexibility index (Phi) is 5.14. The quantitative estimate of drug-likeness (QED) is 0.384. The molecule has 1 aliphatic heterocycles. The van der Waals surface area contributed by atoms with Crippen LogP contribution in [0.5, 0.6) is 0 Å². The number of nitrogens with one attached hydrogen (secondary N) is 1. The van der Waals surface area contributed by atoms with Crippen LogP contribution in [0.15, 0.2) is 94.6 Å². The fourth-order valence-corrected chi connectivity index (χ4v) is 4.69. The van der Waals surface area contributed by atoms with Gasteiger partial charge < -0.3 is 14.3 Å². The van der Waals surface area contributed by atoms with E-state index < -0.39 is 6.04 Å². The Bertz CT molecular complexity index is 1240. The zero-order chi connectivity index (χ0) is 21.2. The van der Waals surface area contributed by atoms with Gasteiger partial charge in [0, 0.05) is 19.2 Å². The van der Waals surface area contributed by atoms with E-state index in [2.05, 4.69) is 5.32 Å². The third kappa shape index (κ3) is 3.66. The number of thiophene rings is 1. The Balaban J connectivity index is 1.54. The van der Waals surface area contributed by atoms with E-state index in [1.165, 1.54) is 17.6 Å². The summed E-state index contributed by atoms with van der Waals surface area (Å²) in [7, 11) is 0. The van der Waals surface area contributed by atoms with E-state index in [9.17, 15) is 9.59 Å². The van der Waals surface area contributed by atoms with Crippen molar-refractivity contribution in [2.75, 3.05) is 0 Å². The lowest BCUT2D eigenvalue weighted by atomic mass is 9.96.